The third kappa shape index (κ3) is 47.7. The van der Waals surface area contributed by atoms with Crippen LogP contribution in [0.4, 0.5) is 0 Å². The van der Waals surface area contributed by atoms with Crippen LogP contribution in [0.1, 0.15) is 316 Å². The summed E-state index contributed by atoms with van der Waals surface area (Å²) in [5.74, 6) is 0.621. The molecule has 1 atom stereocenters. The van der Waals surface area contributed by atoms with Crippen LogP contribution in [-0.4, -0.2) is 29.4 Å². The highest BCUT2D eigenvalue weighted by molar-refractivity contribution is 5.78. The van der Waals surface area contributed by atoms with Crippen LogP contribution in [0.2, 0.25) is 0 Å². The van der Waals surface area contributed by atoms with E-state index in [4.69, 9.17) is 0 Å². The molecule has 0 heterocycles. The van der Waals surface area contributed by atoms with Gasteiger partial charge in [-0.3, -0.25) is 9.59 Å². The van der Waals surface area contributed by atoms with Gasteiger partial charge in [-0.2, -0.15) is 0 Å². The summed E-state index contributed by atoms with van der Waals surface area (Å²) >= 11 is 0. The van der Waals surface area contributed by atoms with Gasteiger partial charge in [-0.15, -0.1) is 0 Å². The molecule has 0 rings (SSSR count). The Balaban J connectivity index is 3.35. The number of amides is 1. The molecule has 4 heteroatoms. The predicted molar refractivity (Wildman–Crippen MR) is 252 cm³/mol. The first-order valence-electron chi connectivity index (χ1n) is 26.6. The number of Topliss-reactive ketones (excluding diaryl/α,β-unsaturated/α-hetero) is 1. The van der Waals surface area contributed by atoms with Gasteiger partial charge in [-0.1, -0.05) is 271 Å². The highest BCUT2D eigenvalue weighted by atomic mass is 16.3. The van der Waals surface area contributed by atoms with E-state index in [1.54, 1.807) is 0 Å². The van der Waals surface area contributed by atoms with Crippen molar-refractivity contribution in [3.8, 4) is 0 Å². The van der Waals surface area contributed by atoms with Crippen LogP contribution in [0.5, 0.6) is 0 Å². The maximum absolute atomic E-state index is 12.4. The van der Waals surface area contributed by atoms with Crippen LogP contribution < -0.4 is 5.32 Å². The minimum absolute atomic E-state index is 0.0590. The molecule has 340 valence electrons. The number of nitrogens with one attached hydrogen (secondary N) is 1. The summed E-state index contributed by atoms with van der Waals surface area (Å²) in [6.45, 7) is 4.64. The number of unbranched alkanes of at least 4 members (excludes halogenated alkanes) is 40. The lowest BCUT2D eigenvalue weighted by molar-refractivity contribution is -0.122. The van der Waals surface area contributed by atoms with Gasteiger partial charge in [0.2, 0.25) is 5.91 Å². The molecule has 2 N–H and O–H groups in total. The molecule has 0 radical (unpaired) electrons. The Kier molecular flexibility index (Phi) is 48.7. The van der Waals surface area contributed by atoms with Gasteiger partial charge in [-0.05, 0) is 25.7 Å². The summed E-state index contributed by atoms with van der Waals surface area (Å²) in [4.78, 5) is 24.7. The second-order valence-electron chi connectivity index (χ2n) is 18.5. The van der Waals surface area contributed by atoms with Crippen molar-refractivity contribution in [3.63, 3.8) is 0 Å². The first-order valence-corrected chi connectivity index (χ1v) is 26.6. The van der Waals surface area contributed by atoms with E-state index in [1.807, 2.05) is 0 Å². The lowest BCUT2D eigenvalue weighted by Crippen LogP contribution is -2.37. The molecule has 0 saturated carbocycles. The van der Waals surface area contributed by atoms with Crippen molar-refractivity contribution in [2.45, 2.75) is 322 Å². The smallest absolute Gasteiger partial charge is 0.220 e. The molecular weight excluding hydrogens is 699 g/mol. The van der Waals surface area contributed by atoms with Crippen molar-refractivity contribution in [2.75, 3.05) is 6.61 Å². The fraction of sp³-hybridized carbons (Fsp3) is 0.962. The lowest BCUT2D eigenvalue weighted by atomic mass is 10.0. The SMILES string of the molecule is CCCCCCCCCCCCCCCCCCCC(=O)CCCCCCCCCCCCCCC(=O)N[C@H](CO)CCCCCCCCCCCCCCCC. The molecule has 0 aliphatic carbocycles. The third-order valence-corrected chi connectivity index (χ3v) is 12.7. The summed E-state index contributed by atoms with van der Waals surface area (Å²) in [6.07, 6.45) is 60.5. The van der Waals surface area contributed by atoms with Crippen molar-refractivity contribution in [1.29, 1.82) is 0 Å². The zero-order valence-electron chi connectivity index (χ0n) is 39.3. The predicted octanol–water partition coefficient (Wildman–Crippen LogP) is 17.4. The topological polar surface area (TPSA) is 66.4 Å². The van der Waals surface area contributed by atoms with E-state index >= 15 is 0 Å². The minimum Gasteiger partial charge on any atom is -0.394 e. The summed E-state index contributed by atoms with van der Waals surface area (Å²) in [7, 11) is 0. The van der Waals surface area contributed by atoms with Crippen LogP contribution in [0.25, 0.3) is 0 Å². The fourth-order valence-corrected chi connectivity index (χ4v) is 8.64. The highest BCUT2D eigenvalue weighted by Gasteiger charge is 2.11. The molecule has 57 heavy (non-hydrogen) atoms. The van der Waals surface area contributed by atoms with Crippen LogP contribution >= 0.6 is 0 Å². The minimum atomic E-state index is -0.0689. The van der Waals surface area contributed by atoms with E-state index in [0.29, 0.717) is 12.2 Å². The number of ketones is 1. The van der Waals surface area contributed by atoms with Crippen LogP contribution in [0.3, 0.4) is 0 Å². The molecule has 0 aliphatic rings. The van der Waals surface area contributed by atoms with E-state index < -0.39 is 0 Å². The van der Waals surface area contributed by atoms with Crippen molar-refractivity contribution in [2.24, 2.45) is 0 Å². The molecule has 0 spiro atoms. The van der Waals surface area contributed by atoms with Crippen LogP contribution in [0, 0.1) is 0 Å². The van der Waals surface area contributed by atoms with Crippen LogP contribution in [0.15, 0.2) is 0 Å². The molecule has 4 nitrogen and oxygen atoms in total. The van der Waals surface area contributed by atoms with Crippen LogP contribution in [-0.2, 0) is 9.59 Å². The van der Waals surface area contributed by atoms with Gasteiger partial charge in [0.05, 0.1) is 12.6 Å². The third-order valence-electron chi connectivity index (χ3n) is 12.7. The van der Waals surface area contributed by atoms with Crippen molar-refractivity contribution in [3.05, 3.63) is 0 Å². The molecule has 0 bridgehead atoms. The molecule has 1 amide bonds. The van der Waals surface area contributed by atoms with E-state index in [1.165, 1.54) is 244 Å². The number of carbonyl (C=O) groups excluding carboxylic acids is 2. The second-order valence-corrected chi connectivity index (χ2v) is 18.5. The van der Waals surface area contributed by atoms with Gasteiger partial charge in [0, 0.05) is 19.3 Å². The molecule has 0 fully saturated rings. The number of carbonyl (C=O) groups is 2. The summed E-state index contributed by atoms with van der Waals surface area (Å²) in [6, 6.07) is -0.0689. The lowest BCUT2D eigenvalue weighted by Gasteiger charge is -2.16. The van der Waals surface area contributed by atoms with E-state index in [-0.39, 0.29) is 18.6 Å². The molecule has 0 aromatic heterocycles. The van der Waals surface area contributed by atoms with Gasteiger partial charge in [0.1, 0.15) is 5.78 Å². The standard InChI is InChI=1S/C53H105NO3/c1-3-5-7-9-11-13-15-17-19-20-21-23-27-31-35-39-43-47-52(56)48-44-40-36-32-28-24-25-29-33-37-41-45-49-53(57)54-51(50-55)46-42-38-34-30-26-22-18-16-14-12-10-8-6-4-2/h51,55H,3-50H2,1-2H3,(H,54,57)/t51-/m0/s1. The van der Waals surface area contributed by atoms with E-state index in [2.05, 4.69) is 19.2 Å². The van der Waals surface area contributed by atoms with Crippen molar-refractivity contribution in [1.82, 2.24) is 5.32 Å². The largest absolute Gasteiger partial charge is 0.394 e. The summed E-state index contributed by atoms with van der Waals surface area (Å²) in [5, 5.41) is 12.8. The fourth-order valence-electron chi connectivity index (χ4n) is 8.64. The van der Waals surface area contributed by atoms with Crippen molar-refractivity contribution >= 4 is 11.7 Å². The summed E-state index contributed by atoms with van der Waals surface area (Å²) < 4.78 is 0. The van der Waals surface area contributed by atoms with Gasteiger partial charge >= 0.3 is 0 Å². The molecule has 0 aliphatic heterocycles. The maximum Gasteiger partial charge on any atom is 0.220 e. The Morgan fingerprint density at radius 3 is 0.825 bits per heavy atom. The van der Waals surface area contributed by atoms with Gasteiger partial charge < -0.3 is 10.4 Å². The molecule has 0 saturated heterocycles. The Morgan fingerprint density at radius 1 is 0.333 bits per heavy atom. The first-order chi connectivity index (χ1) is 28.1. The molecular formula is C53H105NO3. The zero-order valence-corrected chi connectivity index (χ0v) is 39.3. The van der Waals surface area contributed by atoms with Gasteiger partial charge in [0.15, 0.2) is 0 Å². The van der Waals surface area contributed by atoms with Gasteiger partial charge in [-0.25, -0.2) is 0 Å². The normalized spacial score (nSPS) is 12.1. The Hall–Kier alpha value is -0.900. The second kappa shape index (κ2) is 49.5. The Bertz CT molecular complexity index is 784. The number of aliphatic hydroxyl groups is 1. The first kappa shape index (κ1) is 56.1. The quantitative estimate of drug-likeness (QED) is 0.0602. The number of aliphatic hydroxyl groups excluding tert-OH is 1. The average Bonchev–Trinajstić information content (AvgIpc) is 3.21. The van der Waals surface area contributed by atoms with Gasteiger partial charge in [0.25, 0.3) is 0 Å². The number of hydrogen-bond donors (Lipinski definition) is 2. The van der Waals surface area contributed by atoms with E-state index in [0.717, 1.165) is 51.4 Å². The maximum atomic E-state index is 12.4. The highest BCUT2D eigenvalue weighted by Crippen LogP contribution is 2.18. The monoisotopic (exact) mass is 804 g/mol. The number of rotatable bonds is 50. The Morgan fingerprint density at radius 2 is 0.561 bits per heavy atom. The Labute approximate surface area is 358 Å². The van der Waals surface area contributed by atoms with E-state index in [9.17, 15) is 14.7 Å². The number of hydrogen-bond acceptors (Lipinski definition) is 3. The summed E-state index contributed by atoms with van der Waals surface area (Å²) in [5.41, 5.74) is 0. The molecule has 0 aromatic carbocycles. The molecule has 0 aromatic rings. The average molecular weight is 804 g/mol. The molecule has 0 unspecified atom stereocenters. The van der Waals surface area contributed by atoms with Crippen molar-refractivity contribution < 1.29 is 14.7 Å². The zero-order chi connectivity index (χ0) is 41.4.